The van der Waals surface area contributed by atoms with E-state index in [1.807, 2.05) is 36.9 Å². The normalized spacial score (nSPS) is 13.9. The molecule has 1 saturated heterocycles. The van der Waals surface area contributed by atoms with Crippen molar-refractivity contribution < 1.29 is 19.1 Å². The van der Waals surface area contributed by atoms with E-state index in [9.17, 15) is 9.59 Å². The predicted octanol–water partition coefficient (Wildman–Crippen LogP) is 3.07. The maximum absolute atomic E-state index is 12.6. The first-order chi connectivity index (χ1) is 14.0. The van der Waals surface area contributed by atoms with Crippen molar-refractivity contribution in [2.24, 2.45) is 0 Å². The smallest absolute Gasteiger partial charge is 0.253 e. The van der Waals surface area contributed by atoms with E-state index in [1.165, 1.54) is 5.56 Å². The number of piperazine rings is 1. The number of ether oxygens (including phenoxy) is 2. The fourth-order valence-electron chi connectivity index (χ4n) is 3.36. The van der Waals surface area contributed by atoms with E-state index in [0.717, 1.165) is 17.1 Å². The molecule has 0 spiro atoms. The molecule has 0 aromatic heterocycles. The lowest BCUT2D eigenvalue weighted by atomic mass is 10.1. The summed E-state index contributed by atoms with van der Waals surface area (Å²) in [5.74, 6) is 1.60. The van der Waals surface area contributed by atoms with Crippen molar-refractivity contribution in [3.8, 4) is 11.5 Å². The first-order valence-electron chi connectivity index (χ1n) is 9.89. The molecule has 1 fully saturated rings. The highest BCUT2D eigenvalue weighted by Crippen LogP contribution is 2.21. The Balaban J connectivity index is 1.45. The topological polar surface area (TPSA) is 59.1 Å². The lowest BCUT2D eigenvalue weighted by molar-refractivity contribution is -0.133. The van der Waals surface area contributed by atoms with Crippen LogP contribution in [0, 0.1) is 13.8 Å². The van der Waals surface area contributed by atoms with Crippen LogP contribution in [0.15, 0.2) is 42.5 Å². The molecule has 2 aromatic carbocycles. The predicted molar refractivity (Wildman–Crippen MR) is 112 cm³/mol. The Hall–Kier alpha value is -3.02. The molecule has 2 aromatic rings. The zero-order valence-electron chi connectivity index (χ0n) is 17.3. The molecular weight excluding hydrogens is 368 g/mol. The van der Waals surface area contributed by atoms with E-state index in [1.54, 1.807) is 36.3 Å². The van der Waals surface area contributed by atoms with Crippen LogP contribution in [0.5, 0.6) is 11.5 Å². The third kappa shape index (κ3) is 5.08. The van der Waals surface area contributed by atoms with Crippen molar-refractivity contribution in [2.75, 3.05) is 39.9 Å². The number of nitrogens with zero attached hydrogens (tertiary/aromatic N) is 2. The second-order valence-corrected chi connectivity index (χ2v) is 7.20. The van der Waals surface area contributed by atoms with Crippen molar-refractivity contribution >= 4 is 11.8 Å². The van der Waals surface area contributed by atoms with Gasteiger partial charge in [-0.05, 0) is 55.3 Å². The summed E-state index contributed by atoms with van der Waals surface area (Å²) in [6.45, 7) is 6.58. The molecule has 0 bridgehead atoms. The van der Waals surface area contributed by atoms with E-state index in [0.29, 0.717) is 44.8 Å². The molecule has 154 valence electrons. The van der Waals surface area contributed by atoms with Crippen LogP contribution >= 0.6 is 0 Å². The second kappa shape index (κ2) is 9.45. The molecule has 1 heterocycles. The highest BCUT2D eigenvalue weighted by molar-refractivity contribution is 5.94. The molecule has 3 rings (SSSR count). The number of rotatable bonds is 6. The number of hydrogen-bond acceptors (Lipinski definition) is 4. The molecule has 0 aliphatic carbocycles. The molecular formula is C23H28N2O4. The van der Waals surface area contributed by atoms with Gasteiger partial charge in [0.15, 0.2) is 0 Å². The van der Waals surface area contributed by atoms with E-state index >= 15 is 0 Å². The molecule has 29 heavy (non-hydrogen) atoms. The van der Waals surface area contributed by atoms with E-state index < -0.39 is 0 Å². The van der Waals surface area contributed by atoms with Crippen LogP contribution in [0.25, 0.3) is 0 Å². The molecule has 0 atom stereocenters. The standard InChI is InChI=1S/C23H28N2O4/c1-17-5-4-6-21(18(17)2)29-16-11-22(26)24-12-14-25(15-13-24)23(27)19-7-9-20(28-3)10-8-19/h4-10H,11-16H2,1-3H3. The largest absolute Gasteiger partial charge is 0.497 e. The molecule has 1 aliphatic rings. The summed E-state index contributed by atoms with van der Waals surface area (Å²) in [4.78, 5) is 28.7. The Kier molecular flexibility index (Phi) is 6.75. The summed E-state index contributed by atoms with van der Waals surface area (Å²) in [5, 5.41) is 0. The van der Waals surface area contributed by atoms with Crippen LogP contribution in [0.3, 0.4) is 0 Å². The van der Waals surface area contributed by atoms with Gasteiger partial charge >= 0.3 is 0 Å². The monoisotopic (exact) mass is 396 g/mol. The number of carbonyl (C=O) groups is 2. The Bertz CT molecular complexity index is 856. The minimum atomic E-state index is -0.0157. The van der Waals surface area contributed by atoms with Gasteiger partial charge in [-0.3, -0.25) is 9.59 Å². The zero-order chi connectivity index (χ0) is 20.8. The third-order valence-electron chi connectivity index (χ3n) is 5.38. The number of aryl methyl sites for hydroxylation is 1. The second-order valence-electron chi connectivity index (χ2n) is 7.20. The number of carbonyl (C=O) groups excluding carboxylic acids is 2. The van der Waals surface area contributed by atoms with Crippen LogP contribution < -0.4 is 9.47 Å². The minimum Gasteiger partial charge on any atom is -0.497 e. The van der Waals surface area contributed by atoms with Gasteiger partial charge in [0.2, 0.25) is 5.91 Å². The first kappa shape index (κ1) is 20.7. The van der Waals surface area contributed by atoms with Crippen LogP contribution in [0.4, 0.5) is 0 Å². The van der Waals surface area contributed by atoms with E-state index in [4.69, 9.17) is 9.47 Å². The zero-order valence-corrected chi connectivity index (χ0v) is 17.3. The van der Waals surface area contributed by atoms with Crippen molar-refractivity contribution in [1.29, 1.82) is 0 Å². The van der Waals surface area contributed by atoms with Gasteiger partial charge in [0.05, 0.1) is 20.1 Å². The molecule has 0 saturated carbocycles. The Morgan fingerprint density at radius 2 is 1.59 bits per heavy atom. The minimum absolute atomic E-state index is 0.0157. The summed E-state index contributed by atoms with van der Waals surface area (Å²) in [7, 11) is 1.60. The lowest BCUT2D eigenvalue weighted by Gasteiger charge is -2.35. The summed E-state index contributed by atoms with van der Waals surface area (Å²) < 4.78 is 10.9. The van der Waals surface area contributed by atoms with Gasteiger partial charge in [-0.15, -0.1) is 0 Å². The summed E-state index contributed by atoms with van der Waals surface area (Å²) >= 11 is 0. The molecule has 6 nitrogen and oxygen atoms in total. The van der Waals surface area contributed by atoms with Gasteiger partial charge in [-0.2, -0.15) is 0 Å². The molecule has 6 heteroatoms. The quantitative estimate of drug-likeness (QED) is 0.753. The molecule has 0 unspecified atom stereocenters. The van der Waals surface area contributed by atoms with Crippen LogP contribution in [-0.2, 0) is 4.79 Å². The third-order valence-corrected chi connectivity index (χ3v) is 5.38. The van der Waals surface area contributed by atoms with Crippen molar-refractivity contribution in [2.45, 2.75) is 20.3 Å². The van der Waals surface area contributed by atoms with Crippen molar-refractivity contribution in [3.05, 3.63) is 59.2 Å². The highest BCUT2D eigenvalue weighted by Gasteiger charge is 2.24. The molecule has 0 radical (unpaired) electrons. The molecule has 0 N–H and O–H groups in total. The van der Waals surface area contributed by atoms with Gasteiger partial charge in [0.1, 0.15) is 11.5 Å². The number of hydrogen-bond donors (Lipinski definition) is 0. The SMILES string of the molecule is COc1ccc(C(=O)N2CCN(C(=O)CCOc3cccc(C)c3C)CC2)cc1. The molecule has 2 amide bonds. The van der Waals surface area contributed by atoms with Crippen LogP contribution in [0.2, 0.25) is 0 Å². The summed E-state index contributed by atoms with van der Waals surface area (Å²) in [6, 6.07) is 13.0. The Morgan fingerprint density at radius 3 is 2.24 bits per heavy atom. The lowest BCUT2D eigenvalue weighted by Crippen LogP contribution is -2.50. The number of amides is 2. The van der Waals surface area contributed by atoms with Gasteiger partial charge < -0.3 is 19.3 Å². The van der Waals surface area contributed by atoms with Crippen molar-refractivity contribution in [3.63, 3.8) is 0 Å². The maximum Gasteiger partial charge on any atom is 0.253 e. The average Bonchev–Trinajstić information content (AvgIpc) is 2.76. The number of benzene rings is 2. The van der Waals surface area contributed by atoms with Crippen molar-refractivity contribution in [1.82, 2.24) is 9.80 Å². The Labute approximate surface area is 172 Å². The maximum atomic E-state index is 12.6. The van der Waals surface area contributed by atoms with Gasteiger partial charge in [0.25, 0.3) is 5.91 Å². The first-order valence-corrected chi connectivity index (χ1v) is 9.89. The Morgan fingerprint density at radius 1 is 0.931 bits per heavy atom. The van der Waals surface area contributed by atoms with Gasteiger partial charge in [-0.1, -0.05) is 12.1 Å². The summed E-state index contributed by atoms with van der Waals surface area (Å²) in [5.41, 5.74) is 2.91. The number of methoxy groups -OCH3 is 1. The highest BCUT2D eigenvalue weighted by atomic mass is 16.5. The molecule has 1 aliphatic heterocycles. The van der Waals surface area contributed by atoms with Crippen LogP contribution in [-0.4, -0.2) is 61.5 Å². The fourth-order valence-corrected chi connectivity index (χ4v) is 3.36. The average molecular weight is 396 g/mol. The summed E-state index contributed by atoms with van der Waals surface area (Å²) in [6.07, 6.45) is 0.333. The van der Waals surface area contributed by atoms with Gasteiger partial charge in [0, 0.05) is 31.7 Å². The van der Waals surface area contributed by atoms with E-state index in [-0.39, 0.29) is 11.8 Å². The van der Waals surface area contributed by atoms with Crippen LogP contribution in [0.1, 0.15) is 27.9 Å². The van der Waals surface area contributed by atoms with E-state index in [2.05, 4.69) is 0 Å². The fraction of sp³-hybridized carbons (Fsp3) is 0.391. The van der Waals surface area contributed by atoms with Gasteiger partial charge in [-0.25, -0.2) is 0 Å².